The van der Waals surface area contributed by atoms with Gasteiger partial charge in [0.25, 0.3) is 0 Å². The van der Waals surface area contributed by atoms with Crippen LogP contribution in [0.3, 0.4) is 0 Å². The van der Waals surface area contributed by atoms with Gasteiger partial charge in [-0.15, -0.1) is 0 Å². The molecule has 2 heterocycles. The van der Waals surface area contributed by atoms with Crippen molar-refractivity contribution in [1.82, 2.24) is 0 Å². The van der Waals surface area contributed by atoms with E-state index in [0.717, 1.165) is 28.3 Å². The second kappa shape index (κ2) is 8.82. The fourth-order valence-corrected chi connectivity index (χ4v) is 3.79. The molecule has 0 saturated heterocycles. The van der Waals surface area contributed by atoms with E-state index in [-0.39, 0.29) is 6.29 Å². The molecule has 0 aliphatic carbocycles. The summed E-state index contributed by atoms with van der Waals surface area (Å²) in [6.07, 6.45) is 6.96. The molecule has 4 aromatic rings. The average Bonchev–Trinajstić information content (AvgIpc) is 2.76. The molecule has 2 N–H and O–H groups in total. The van der Waals surface area contributed by atoms with Gasteiger partial charge in [-0.25, -0.2) is 0 Å². The molecule has 4 rings (SSSR count). The predicted molar refractivity (Wildman–Crippen MR) is 117 cm³/mol. The zero-order valence-corrected chi connectivity index (χ0v) is 17.9. The SMILES string of the molecule is Cc1ccc(Oc2ccc(-[n+]3ccc(-c4cc[n+](CP(=O)(O)O)cc4)cc3)cc2)cc1. The lowest BCUT2D eigenvalue weighted by atomic mass is 10.1. The number of aromatic nitrogens is 2. The van der Waals surface area contributed by atoms with Gasteiger partial charge in [0.2, 0.25) is 12.0 Å². The number of rotatable bonds is 6. The summed E-state index contributed by atoms with van der Waals surface area (Å²) in [6, 6.07) is 23.5. The Labute approximate surface area is 180 Å². The van der Waals surface area contributed by atoms with E-state index in [1.54, 1.807) is 12.4 Å². The van der Waals surface area contributed by atoms with Crippen LogP contribution in [-0.4, -0.2) is 9.79 Å². The Kier molecular flexibility index (Phi) is 5.96. The molecule has 156 valence electrons. The van der Waals surface area contributed by atoms with Crippen molar-refractivity contribution < 1.29 is 28.2 Å². The van der Waals surface area contributed by atoms with E-state index in [0.29, 0.717) is 0 Å². The van der Waals surface area contributed by atoms with Crippen molar-refractivity contribution in [2.75, 3.05) is 0 Å². The summed E-state index contributed by atoms with van der Waals surface area (Å²) < 4.78 is 20.5. The molecule has 0 atom stereocenters. The first-order chi connectivity index (χ1) is 14.9. The lowest BCUT2D eigenvalue weighted by Gasteiger charge is -2.06. The van der Waals surface area contributed by atoms with Crippen molar-refractivity contribution in [2.24, 2.45) is 0 Å². The maximum absolute atomic E-state index is 11.1. The van der Waals surface area contributed by atoms with E-state index in [4.69, 9.17) is 14.5 Å². The second-order valence-electron chi connectivity index (χ2n) is 7.31. The minimum absolute atomic E-state index is 0.328. The zero-order valence-electron chi connectivity index (χ0n) is 17.0. The molecule has 2 aromatic heterocycles. The summed E-state index contributed by atoms with van der Waals surface area (Å²) in [5.74, 6) is 1.58. The van der Waals surface area contributed by atoms with Crippen LogP contribution in [0.5, 0.6) is 11.5 Å². The zero-order chi connectivity index (χ0) is 21.8. The van der Waals surface area contributed by atoms with Crippen LogP contribution in [0, 0.1) is 6.92 Å². The maximum Gasteiger partial charge on any atom is 0.390 e. The van der Waals surface area contributed by atoms with E-state index in [9.17, 15) is 4.57 Å². The lowest BCUT2D eigenvalue weighted by molar-refractivity contribution is -0.679. The van der Waals surface area contributed by atoms with E-state index >= 15 is 0 Å². The standard InChI is InChI=1S/C24H21N2O4P/c1-19-2-6-23(7-3-19)30-24-8-4-22(5-9-24)26-16-12-21(13-17-26)20-10-14-25(15-11-20)18-31(27,28)29/h2-17H,18H2,1H3/p+2. The number of hydrogen-bond donors (Lipinski definition) is 2. The first-order valence-corrected chi connectivity index (χ1v) is 11.6. The van der Waals surface area contributed by atoms with Crippen LogP contribution in [0.4, 0.5) is 0 Å². The second-order valence-corrected chi connectivity index (χ2v) is 8.92. The topological polar surface area (TPSA) is 74.5 Å². The van der Waals surface area contributed by atoms with Crippen molar-refractivity contribution in [2.45, 2.75) is 13.2 Å². The Bertz CT molecular complexity index is 1200. The van der Waals surface area contributed by atoms with Gasteiger partial charge in [0.15, 0.2) is 24.8 Å². The van der Waals surface area contributed by atoms with Gasteiger partial charge in [-0.2, -0.15) is 9.13 Å². The van der Waals surface area contributed by atoms with Gasteiger partial charge in [-0.3, -0.25) is 4.57 Å². The third-order valence-electron chi connectivity index (χ3n) is 4.79. The quantitative estimate of drug-likeness (QED) is 0.353. The molecular weight excluding hydrogens is 411 g/mol. The number of benzene rings is 2. The molecule has 0 spiro atoms. The lowest BCUT2D eigenvalue weighted by Crippen LogP contribution is -2.32. The third kappa shape index (κ3) is 5.64. The van der Waals surface area contributed by atoms with E-state index in [2.05, 4.69) is 0 Å². The Morgan fingerprint density at radius 2 is 1.23 bits per heavy atom. The Hall–Kier alpha value is -3.31. The minimum atomic E-state index is -4.09. The van der Waals surface area contributed by atoms with E-state index in [1.165, 1.54) is 10.1 Å². The van der Waals surface area contributed by atoms with Gasteiger partial charge < -0.3 is 14.5 Å². The summed E-state index contributed by atoms with van der Waals surface area (Å²) in [5, 5.41) is 0. The van der Waals surface area contributed by atoms with Gasteiger partial charge in [-0.05, 0) is 42.3 Å². The fourth-order valence-electron chi connectivity index (χ4n) is 3.18. The molecular formula is C24H23N2O4P+2. The Balaban J connectivity index is 1.45. The number of hydrogen-bond acceptors (Lipinski definition) is 2. The molecule has 0 fully saturated rings. The average molecular weight is 434 g/mol. The van der Waals surface area contributed by atoms with Crippen molar-refractivity contribution in [1.29, 1.82) is 0 Å². The Morgan fingerprint density at radius 1 is 0.742 bits per heavy atom. The van der Waals surface area contributed by atoms with Crippen LogP contribution in [0.1, 0.15) is 5.56 Å². The fraction of sp³-hybridized carbons (Fsp3) is 0.0833. The smallest absolute Gasteiger partial charge is 0.390 e. The van der Waals surface area contributed by atoms with Gasteiger partial charge in [0, 0.05) is 36.4 Å². The molecule has 31 heavy (non-hydrogen) atoms. The molecule has 0 aliphatic heterocycles. The Morgan fingerprint density at radius 3 is 1.74 bits per heavy atom. The molecule has 0 aliphatic rings. The first-order valence-electron chi connectivity index (χ1n) is 9.76. The largest absolute Gasteiger partial charge is 0.457 e. The van der Waals surface area contributed by atoms with Gasteiger partial charge in [0.05, 0.1) is 0 Å². The summed E-state index contributed by atoms with van der Waals surface area (Å²) in [6.45, 7) is 2.04. The molecule has 2 aromatic carbocycles. The van der Waals surface area contributed by atoms with E-state index in [1.807, 2.05) is 96.7 Å². The highest BCUT2D eigenvalue weighted by Gasteiger charge is 2.19. The van der Waals surface area contributed by atoms with Gasteiger partial charge in [-0.1, -0.05) is 17.7 Å². The number of nitrogens with zero attached hydrogens (tertiary/aromatic N) is 2. The highest BCUT2D eigenvalue weighted by atomic mass is 31.2. The summed E-state index contributed by atoms with van der Waals surface area (Å²) >= 11 is 0. The van der Waals surface area contributed by atoms with Crippen LogP contribution in [0.2, 0.25) is 0 Å². The number of aryl methyl sites for hydroxylation is 1. The van der Waals surface area contributed by atoms with Crippen LogP contribution >= 0.6 is 7.60 Å². The predicted octanol–water partition coefficient (Wildman–Crippen LogP) is 4.15. The first kappa shape index (κ1) is 20.9. The summed E-state index contributed by atoms with van der Waals surface area (Å²) in [5.41, 5.74) is 4.18. The molecule has 0 radical (unpaired) electrons. The highest BCUT2D eigenvalue weighted by molar-refractivity contribution is 7.50. The monoisotopic (exact) mass is 434 g/mol. The van der Waals surface area contributed by atoms with Crippen molar-refractivity contribution in [3.8, 4) is 28.3 Å². The maximum atomic E-state index is 11.1. The van der Waals surface area contributed by atoms with Crippen molar-refractivity contribution in [3.05, 3.63) is 103 Å². The van der Waals surface area contributed by atoms with Crippen LogP contribution in [0.25, 0.3) is 16.8 Å². The molecule has 0 unspecified atom stereocenters. The van der Waals surface area contributed by atoms with Crippen LogP contribution < -0.4 is 13.9 Å². The normalized spacial score (nSPS) is 11.3. The molecule has 7 heteroatoms. The van der Waals surface area contributed by atoms with Gasteiger partial charge in [0.1, 0.15) is 11.5 Å². The number of pyridine rings is 2. The molecule has 0 bridgehead atoms. The van der Waals surface area contributed by atoms with E-state index < -0.39 is 7.60 Å². The van der Waals surface area contributed by atoms with Crippen LogP contribution in [-0.2, 0) is 10.9 Å². The third-order valence-corrected chi connectivity index (χ3v) is 5.49. The number of ether oxygens (including phenoxy) is 1. The van der Waals surface area contributed by atoms with Crippen molar-refractivity contribution in [3.63, 3.8) is 0 Å². The summed E-state index contributed by atoms with van der Waals surface area (Å²) in [7, 11) is -4.09. The molecule has 0 amide bonds. The van der Waals surface area contributed by atoms with Gasteiger partial charge >= 0.3 is 7.60 Å². The van der Waals surface area contributed by atoms with Crippen molar-refractivity contribution >= 4 is 7.60 Å². The molecule has 0 saturated carbocycles. The highest BCUT2D eigenvalue weighted by Crippen LogP contribution is 2.33. The van der Waals surface area contributed by atoms with Crippen LogP contribution in [0.15, 0.2) is 97.6 Å². The molecule has 6 nitrogen and oxygen atoms in total. The minimum Gasteiger partial charge on any atom is -0.457 e. The summed E-state index contributed by atoms with van der Waals surface area (Å²) in [4.78, 5) is 18.2.